The fourth-order valence-corrected chi connectivity index (χ4v) is 5.37. The molecule has 0 heterocycles. The van der Waals surface area contributed by atoms with E-state index in [0.717, 1.165) is 18.4 Å². The van der Waals surface area contributed by atoms with Crippen LogP contribution in [0.5, 0.6) is 11.5 Å². The lowest BCUT2D eigenvalue weighted by Crippen LogP contribution is -2.49. The molecule has 6 nitrogen and oxygen atoms in total. The summed E-state index contributed by atoms with van der Waals surface area (Å²) in [4.78, 5) is 25.7. The predicted octanol–water partition coefficient (Wildman–Crippen LogP) is 5.29. The van der Waals surface area contributed by atoms with Crippen molar-refractivity contribution in [3.63, 3.8) is 0 Å². The molecule has 2 fully saturated rings. The van der Waals surface area contributed by atoms with Gasteiger partial charge in [0.2, 0.25) is 0 Å². The van der Waals surface area contributed by atoms with Crippen molar-refractivity contribution in [3.05, 3.63) is 36.4 Å². The van der Waals surface area contributed by atoms with Crippen LogP contribution in [0.25, 0.3) is 0 Å². The first-order valence-electron chi connectivity index (χ1n) is 11.5. The van der Waals surface area contributed by atoms with Gasteiger partial charge in [-0.25, -0.2) is 9.59 Å². The normalized spacial score (nSPS) is 26.5. The molecule has 2 saturated carbocycles. The smallest absolute Gasteiger partial charge is 0.413 e. The summed E-state index contributed by atoms with van der Waals surface area (Å²) < 4.78 is 16.8. The molecule has 1 N–H and O–H groups in total. The summed E-state index contributed by atoms with van der Waals surface area (Å²) in [6, 6.07) is 4.53. The Labute approximate surface area is 191 Å². The molecule has 2 bridgehead atoms. The lowest BCUT2D eigenvalue weighted by Gasteiger charge is -2.39. The molecular weight excluding hydrogens is 406 g/mol. The van der Waals surface area contributed by atoms with E-state index in [-0.39, 0.29) is 28.6 Å². The Balaban J connectivity index is 1.66. The highest BCUT2D eigenvalue weighted by Crippen LogP contribution is 2.66. The number of allylic oxidation sites excluding steroid dienone is 1. The zero-order chi connectivity index (χ0) is 23.7. The van der Waals surface area contributed by atoms with Gasteiger partial charge in [-0.2, -0.15) is 0 Å². The van der Waals surface area contributed by atoms with Gasteiger partial charge in [-0.1, -0.05) is 46.8 Å². The second-order valence-electron chi connectivity index (χ2n) is 10.3. The third-order valence-electron chi connectivity index (χ3n) is 7.98. The number of methoxy groups -OCH3 is 1. The first-order valence-corrected chi connectivity index (χ1v) is 11.5. The van der Waals surface area contributed by atoms with E-state index >= 15 is 0 Å². The van der Waals surface area contributed by atoms with Crippen LogP contribution in [0.15, 0.2) is 30.9 Å². The zero-order valence-electron chi connectivity index (χ0n) is 20.2. The minimum atomic E-state index is -0.792. The topological polar surface area (TPSA) is 73.9 Å². The molecule has 0 saturated heterocycles. The molecular formula is C26H37NO5. The Morgan fingerprint density at radius 3 is 2.50 bits per heavy atom. The Bertz CT molecular complexity index is 877. The third-order valence-corrected chi connectivity index (χ3v) is 7.98. The summed E-state index contributed by atoms with van der Waals surface area (Å²) in [6.45, 7) is 14.3. The maximum Gasteiger partial charge on any atom is 0.413 e. The molecule has 0 unspecified atom stereocenters. The molecule has 1 amide bonds. The fourth-order valence-electron chi connectivity index (χ4n) is 5.37. The molecule has 3 rings (SSSR count). The van der Waals surface area contributed by atoms with Crippen LogP contribution in [-0.4, -0.2) is 31.3 Å². The van der Waals surface area contributed by atoms with E-state index in [2.05, 4.69) is 32.7 Å². The van der Waals surface area contributed by atoms with Crippen LogP contribution in [-0.2, 0) is 16.0 Å². The summed E-state index contributed by atoms with van der Waals surface area (Å²) in [5.74, 6) is 0.750. The van der Waals surface area contributed by atoms with Gasteiger partial charge in [-0.15, -0.1) is 6.58 Å². The van der Waals surface area contributed by atoms with Crippen LogP contribution in [0.4, 0.5) is 4.79 Å². The van der Waals surface area contributed by atoms with Crippen molar-refractivity contribution in [2.24, 2.45) is 22.7 Å². The van der Waals surface area contributed by atoms with Crippen molar-refractivity contribution in [1.82, 2.24) is 5.32 Å². The van der Waals surface area contributed by atoms with E-state index in [0.29, 0.717) is 18.1 Å². The van der Waals surface area contributed by atoms with Gasteiger partial charge in [0.15, 0.2) is 11.5 Å². The molecule has 0 aromatic heterocycles. The van der Waals surface area contributed by atoms with Gasteiger partial charge in [-0.05, 0) is 60.6 Å². The number of fused-ring (bicyclic) bond motifs is 2. The minimum absolute atomic E-state index is 0.0318. The molecule has 2 aliphatic carbocycles. The third kappa shape index (κ3) is 4.37. The van der Waals surface area contributed by atoms with Crippen LogP contribution >= 0.6 is 0 Å². The van der Waals surface area contributed by atoms with E-state index < -0.39 is 18.1 Å². The van der Waals surface area contributed by atoms with Gasteiger partial charge in [0.1, 0.15) is 12.1 Å². The van der Waals surface area contributed by atoms with Crippen molar-refractivity contribution in [1.29, 1.82) is 0 Å². The van der Waals surface area contributed by atoms with E-state index in [4.69, 9.17) is 14.2 Å². The minimum Gasteiger partial charge on any atom is -0.493 e. The van der Waals surface area contributed by atoms with Crippen molar-refractivity contribution in [2.45, 2.75) is 72.4 Å². The number of hydrogen-bond acceptors (Lipinski definition) is 5. The molecule has 4 atom stereocenters. The van der Waals surface area contributed by atoms with E-state index in [9.17, 15) is 9.59 Å². The van der Waals surface area contributed by atoms with Crippen LogP contribution in [0.2, 0.25) is 0 Å². The van der Waals surface area contributed by atoms with E-state index in [1.54, 1.807) is 18.2 Å². The van der Waals surface area contributed by atoms with Crippen molar-refractivity contribution < 1.29 is 23.8 Å². The van der Waals surface area contributed by atoms with Crippen LogP contribution in [0.3, 0.4) is 0 Å². The SMILES string of the molecule is C=CCc1ccc(OC(=O)N[C@H](C(=O)O[C@@H]2C[C@@H]3CC[C@]2(C)C3(C)C)C(C)C)c(OC)c1. The zero-order valence-corrected chi connectivity index (χ0v) is 20.2. The summed E-state index contributed by atoms with van der Waals surface area (Å²) in [5.41, 5.74) is 1.11. The standard InChI is InChI=1S/C26H37NO5/c1-8-9-17-10-11-19(20(14-17)30-7)31-24(29)27-22(16(2)3)23(28)32-21-15-18-12-13-26(21,6)25(18,4)5/h8,10-11,14,16,18,21-22H,1,9,12-13,15H2,2-7H3,(H,27,29)/t18-,21+,22-,26-/m0/s1. The molecule has 1 aromatic rings. The summed E-state index contributed by atoms with van der Waals surface area (Å²) in [7, 11) is 1.52. The molecule has 0 aliphatic heterocycles. The second kappa shape index (κ2) is 9.16. The van der Waals surface area contributed by atoms with Gasteiger partial charge >= 0.3 is 12.1 Å². The van der Waals surface area contributed by atoms with E-state index in [1.165, 1.54) is 13.5 Å². The number of hydrogen-bond donors (Lipinski definition) is 1. The molecule has 32 heavy (non-hydrogen) atoms. The van der Waals surface area contributed by atoms with Crippen LogP contribution in [0, 0.1) is 22.7 Å². The number of amides is 1. The Kier molecular flexibility index (Phi) is 6.91. The van der Waals surface area contributed by atoms with E-state index in [1.807, 2.05) is 19.9 Å². The average molecular weight is 444 g/mol. The number of benzene rings is 1. The molecule has 0 spiro atoms. The maximum atomic E-state index is 13.1. The van der Waals surface area contributed by atoms with Gasteiger partial charge in [0.25, 0.3) is 0 Å². The quantitative estimate of drug-likeness (QED) is 0.436. The number of nitrogens with one attached hydrogen (secondary N) is 1. The Morgan fingerprint density at radius 1 is 1.25 bits per heavy atom. The molecule has 6 heteroatoms. The molecule has 1 aromatic carbocycles. The molecule has 0 radical (unpaired) electrons. The first-order chi connectivity index (χ1) is 15.0. The van der Waals surface area contributed by atoms with Crippen molar-refractivity contribution in [2.75, 3.05) is 7.11 Å². The second-order valence-corrected chi connectivity index (χ2v) is 10.3. The monoisotopic (exact) mass is 443 g/mol. The number of ether oxygens (including phenoxy) is 3. The van der Waals surface area contributed by atoms with Crippen LogP contribution < -0.4 is 14.8 Å². The summed E-state index contributed by atoms with van der Waals surface area (Å²) >= 11 is 0. The average Bonchev–Trinajstić information content (AvgIpc) is 3.06. The van der Waals surface area contributed by atoms with Crippen molar-refractivity contribution >= 4 is 12.1 Å². The number of rotatable bonds is 8. The predicted molar refractivity (Wildman–Crippen MR) is 124 cm³/mol. The largest absolute Gasteiger partial charge is 0.493 e. The summed E-state index contributed by atoms with van der Waals surface area (Å²) in [6.07, 6.45) is 4.77. The van der Waals surface area contributed by atoms with Crippen LogP contribution in [0.1, 0.15) is 59.4 Å². The highest BCUT2D eigenvalue weighted by Gasteiger charge is 2.63. The first kappa shape index (κ1) is 24.1. The number of carbonyl (C=O) groups is 2. The van der Waals surface area contributed by atoms with Gasteiger partial charge in [0, 0.05) is 5.41 Å². The molecule has 2 aliphatic rings. The lowest BCUT2D eigenvalue weighted by atomic mass is 9.70. The number of esters is 1. The fraction of sp³-hybridized carbons (Fsp3) is 0.615. The molecule has 176 valence electrons. The Morgan fingerprint density at radius 2 is 1.97 bits per heavy atom. The van der Waals surface area contributed by atoms with Crippen molar-refractivity contribution in [3.8, 4) is 11.5 Å². The van der Waals surface area contributed by atoms with Gasteiger partial charge < -0.3 is 19.5 Å². The maximum absolute atomic E-state index is 13.1. The van der Waals surface area contributed by atoms with Gasteiger partial charge in [-0.3, -0.25) is 0 Å². The highest BCUT2D eigenvalue weighted by atomic mass is 16.6. The highest BCUT2D eigenvalue weighted by molar-refractivity contribution is 5.82. The summed E-state index contributed by atoms with van der Waals surface area (Å²) in [5, 5.41) is 2.70. The number of carbonyl (C=O) groups excluding carboxylic acids is 2. The lowest BCUT2D eigenvalue weighted by molar-refractivity contribution is -0.160. The Hall–Kier alpha value is -2.50. The van der Waals surface area contributed by atoms with Gasteiger partial charge in [0.05, 0.1) is 7.11 Å².